The van der Waals surface area contributed by atoms with Crippen LogP contribution in [0.3, 0.4) is 0 Å². The summed E-state index contributed by atoms with van der Waals surface area (Å²) in [7, 11) is 0. The molecule has 0 bridgehead atoms. The van der Waals surface area contributed by atoms with Crippen LogP contribution in [-0.2, 0) is 16.1 Å². The highest BCUT2D eigenvalue weighted by Crippen LogP contribution is 2.17. The number of ether oxygens (including phenoxy) is 1. The van der Waals surface area contributed by atoms with Gasteiger partial charge in [-0.25, -0.2) is 0 Å². The van der Waals surface area contributed by atoms with Crippen LogP contribution in [0.25, 0.3) is 10.9 Å². The molecule has 0 aliphatic carbocycles. The summed E-state index contributed by atoms with van der Waals surface area (Å²) < 4.78 is 4.91. The van der Waals surface area contributed by atoms with Gasteiger partial charge in [0.2, 0.25) is 0 Å². The van der Waals surface area contributed by atoms with E-state index in [2.05, 4.69) is 22.4 Å². The number of aromatic nitrogens is 1. The zero-order valence-electron chi connectivity index (χ0n) is 12.7. The van der Waals surface area contributed by atoms with Crippen LogP contribution in [0, 0.1) is 6.92 Å². The molecule has 4 nitrogen and oxygen atoms in total. The molecule has 1 aromatic heterocycles. The van der Waals surface area contributed by atoms with Crippen LogP contribution < -0.4 is 5.32 Å². The van der Waals surface area contributed by atoms with Gasteiger partial charge in [0.1, 0.15) is 0 Å². The topological polar surface area (TPSA) is 51.2 Å². The van der Waals surface area contributed by atoms with Crippen molar-refractivity contribution in [2.75, 3.05) is 13.2 Å². The van der Waals surface area contributed by atoms with E-state index in [1.807, 2.05) is 32.0 Å². The number of nitrogens with one attached hydrogen (secondary N) is 1. The van der Waals surface area contributed by atoms with Crippen molar-refractivity contribution in [3.8, 4) is 0 Å². The van der Waals surface area contributed by atoms with E-state index in [4.69, 9.17) is 4.74 Å². The Kier molecular flexibility index (Phi) is 5.69. The Balaban J connectivity index is 1.87. The number of nitrogens with zero attached hydrogens (tertiary/aromatic N) is 1. The molecule has 4 heteroatoms. The monoisotopic (exact) mass is 286 g/mol. The van der Waals surface area contributed by atoms with E-state index in [0.717, 1.165) is 30.7 Å². The number of hydrogen-bond donors (Lipinski definition) is 1. The molecule has 1 heterocycles. The summed E-state index contributed by atoms with van der Waals surface area (Å²) in [5, 5.41) is 4.56. The van der Waals surface area contributed by atoms with Gasteiger partial charge in [-0.1, -0.05) is 18.2 Å². The van der Waals surface area contributed by atoms with E-state index in [1.165, 1.54) is 10.9 Å². The molecular weight excluding hydrogens is 264 g/mol. The van der Waals surface area contributed by atoms with Crippen LogP contribution in [0.2, 0.25) is 0 Å². The Morgan fingerprint density at radius 3 is 2.95 bits per heavy atom. The lowest BCUT2D eigenvalue weighted by atomic mass is 10.1. The lowest BCUT2D eigenvalue weighted by Crippen LogP contribution is -2.17. The van der Waals surface area contributed by atoms with E-state index < -0.39 is 0 Å². The van der Waals surface area contributed by atoms with E-state index in [-0.39, 0.29) is 5.97 Å². The van der Waals surface area contributed by atoms with Crippen molar-refractivity contribution in [3.05, 3.63) is 41.6 Å². The maximum atomic E-state index is 11.2. The summed E-state index contributed by atoms with van der Waals surface area (Å²) in [4.78, 5) is 15.8. The van der Waals surface area contributed by atoms with Crippen LogP contribution in [0.15, 0.2) is 30.3 Å². The number of aryl methyl sites for hydroxylation is 1. The molecule has 1 aromatic carbocycles. The lowest BCUT2D eigenvalue weighted by Gasteiger charge is -2.09. The van der Waals surface area contributed by atoms with Gasteiger partial charge in [-0.2, -0.15) is 0 Å². The fraction of sp³-hybridized carbons (Fsp3) is 0.412. The largest absolute Gasteiger partial charge is 0.466 e. The summed E-state index contributed by atoms with van der Waals surface area (Å²) in [6.07, 6.45) is 1.26. The molecule has 0 aliphatic rings. The van der Waals surface area contributed by atoms with Gasteiger partial charge in [0, 0.05) is 24.0 Å². The normalized spacial score (nSPS) is 10.8. The second-order valence-electron chi connectivity index (χ2n) is 5.03. The predicted molar refractivity (Wildman–Crippen MR) is 84.1 cm³/mol. The Morgan fingerprint density at radius 1 is 1.33 bits per heavy atom. The van der Waals surface area contributed by atoms with Crippen molar-refractivity contribution in [3.63, 3.8) is 0 Å². The Hall–Kier alpha value is -1.94. The standard InChI is InChI=1S/C17H22N2O2/c1-3-21-17(20)9-6-10-18-12-14-11-13(2)19-16-8-5-4-7-15(14)16/h4-5,7-8,11,18H,3,6,9-10,12H2,1-2H3. The minimum Gasteiger partial charge on any atom is -0.466 e. The zero-order valence-corrected chi connectivity index (χ0v) is 12.7. The van der Waals surface area contributed by atoms with Gasteiger partial charge < -0.3 is 10.1 Å². The summed E-state index contributed by atoms with van der Waals surface area (Å²) >= 11 is 0. The third-order valence-corrected chi connectivity index (χ3v) is 3.29. The Labute approximate surface area is 125 Å². The van der Waals surface area contributed by atoms with Crippen LogP contribution in [-0.4, -0.2) is 24.1 Å². The predicted octanol–water partition coefficient (Wildman–Crippen LogP) is 2.98. The number of benzene rings is 1. The summed E-state index contributed by atoms with van der Waals surface area (Å²) in [5.41, 5.74) is 3.30. The highest BCUT2D eigenvalue weighted by molar-refractivity contribution is 5.82. The SMILES string of the molecule is CCOC(=O)CCCNCc1cc(C)nc2ccccc12. The smallest absolute Gasteiger partial charge is 0.305 e. The Morgan fingerprint density at radius 2 is 2.14 bits per heavy atom. The number of esters is 1. The van der Waals surface area contributed by atoms with Gasteiger partial charge in [0.15, 0.2) is 0 Å². The van der Waals surface area contributed by atoms with E-state index >= 15 is 0 Å². The summed E-state index contributed by atoms with van der Waals surface area (Å²) in [6.45, 7) is 5.87. The van der Waals surface area contributed by atoms with Gasteiger partial charge in [-0.3, -0.25) is 9.78 Å². The molecule has 0 spiro atoms. The van der Waals surface area contributed by atoms with Crippen molar-refractivity contribution < 1.29 is 9.53 Å². The highest BCUT2D eigenvalue weighted by Gasteiger charge is 2.04. The first-order chi connectivity index (χ1) is 10.2. The molecule has 21 heavy (non-hydrogen) atoms. The average molecular weight is 286 g/mol. The molecule has 112 valence electrons. The van der Waals surface area contributed by atoms with Gasteiger partial charge in [0.05, 0.1) is 12.1 Å². The minimum absolute atomic E-state index is 0.121. The van der Waals surface area contributed by atoms with Crippen LogP contribution in [0.5, 0.6) is 0 Å². The summed E-state index contributed by atoms with van der Waals surface area (Å²) in [5.74, 6) is -0.121. The molecule has 0 saturated carbocycles. The van der Waals surface area contributed by atoms with E-state index in [1.54, 1.807) is 0 Å². The van der Waals surface area contributed by atoms with Crippen molar-refractivity contribution in [1.29, 1.82) is 0 Å². The minimum atomic E-state index is -0.121. The molecule has 0 atom stereocenters. The van der Waals surface area contributed by atoms with Crippen LogP contribution in [0.1, 0.15) is 31.0 Å². The van der Waals surface area contributed by atoms with E-state index in [0.29, 0.717) is 13.0 Å². The number of pyridine rings is 1. The number of carbonyl (C=O) groups is 1. The number of rotatable bonds is 7. The van der Waals surface area contributed by atoms with Crippen molar-refractivity contribution >= 4 is 16.9 Å². The van der Waals surface area contributed by atoms with Gasteiger partial charge in [-0.15, -0.1) is 0 Å². The van der Waals surface area contributed by atoms with Gasteiger partial charge in [0.25, 0.3) is 0 Å². The zero-order chi connectivity index (χ0) is 15.1. The lowest BCUT2D eigenvalue weighted by molar-refractivity contribution is -0.143. The molecule has 0 saturated heterocycles. The maximum absolute atomic E-state index is 11.2. The molecule has 0 aliphatic heterocycles. The van der Waals surface area contributed by atoms with E-state index in [9.17, 15) is 4.79 Å². The number of para-hydroxylation sites is 1. The van der Waals surface area contributed by atoms with Gasteiger partial charge in [-0.05, 0) is 44.5 Å². The van der Waals surface area contributed by atoms with Gasteiger partial charge >= 0.3 is 5.97 Å². The molecule has 0 amide bonds. The fourth-order valence-corrected chi connectivity index (χ4v) is 2.36. The first-order valence-electron chi connectivity index (χ1n) is 7.42. The van der Waals surface area contributed by atoms with Crippen LogP contribution in [0.4, 0.5) is 0 Å². The second kappa shape index (κ2) is 7.74. The Bertz CT molecular complexity index is 611. The molecule has 0 fully saturated rings. The molecular formula is C17H22N2O2. The first-order valence-corrected chi connectivity index (χ1v) is 7.42. The first kappa shape index (κ1) is 15.4. The van der Waals surface area contributed by atoms with Crippen molar-refractivity contribution in [1.82, 2.24) is 10.3 Å². The van der Waals surface area contributed by atoms with Crippen LogP contribution >= 0.6 is 0 Å². The van der Waals surface area contributed by atoms with Crippen molar-refractivity contribution in [2.45, 2.75) is 33.2 Å². The molecule has 0 radical (unpaired) electrons. The quantitative estimate of drug-likeness (QED) is 0.628. The fourth-order valence-electron chi connectivity index (χ4n) is 2.36. The number of fused-ring (bicyclic) bond motifs is 1. The molecule has 1 N–H and O–H groups in total. The third-order valence-electron chi connectivity index (χ3n) is 3.29. The van der Waals surface area contributed by atoms with Crippen molar-refractivity contribution in [2.24, 2.45) is 0 Å². The average Bonchev–Trinajstić information content (AvgIpc) is 2.47. The molecule has 2 rings (SSSR count). The summed E-state index contributed by atoms with van der Waals surface area (Å²) in [6, 6.07) is 10.3. The highest BCUT2D eigenvalue weighted by atomic mass is 16.5. The molecule has 0 unspecified atom stereocenters. The second-order valence-corrected chi connectivity index (χ2v) is 5.03. The third kappa shape index (κ3) is 4.53. The number of carbonyl (C=O) groups excluding carboxylic acids is 1. The molecule has 2 aromatic rings. The number of hydrogen-bond acceptors (Lipinski definition) is 4. The maximum Gasteiger partial charge on any atom is 0.305 e.